The molecule has 35 heavy (non-hydrogen) atoms. The summed E-state index contributed by atoms with van der Waals surface area (Å²) in [5.41, 5.74) is 2.81. The van der Waals surface area contributed by atoms with Gasteiger partial charge < -0.3 is 4.74 Å². The summed E-state index contributed by atoms with van der Waals surface area (Å²) < 4.78 is 5.86. The Labute approximate surface area is 216 Å². The molecule has 0 spiro atoms. The van der Waals surface area contributed by atoms with E-state index in [4.69, 9.17) is 4.74 Å². The van der Waals surface area contributed by atoms with Gasteiger partial charge in [0.15, 0.2) is 0 Å². The first kappa shape index (κ1) is 29.1. The lowest BCUT2D eigenvalue weighted by molar-refractivity contribution is 0.125. The molecule has 2 rings (SSSR count). The average Bonchev–Trinajstić information content (AvgIpc) is 2.91. The molecule has 0 bridgehead atoms. The van der Waals surface area contributed by atoms with Crippen molar-refractivity contribution in [2.45, 2.75) is 102 Å². The van der Waals surface area contributed by atoms with Crippen LogP contribution in [-0.4, -0.2) is 13.2 Å². The van der Waals surface area contributed by atoms with Crippen LogP contribution >= 0.6 is 0 Å². The quantitative estimate of drug-likeness (QED) is 0.122. The van der Waals surface area contributed by atoms with Crippen molar-refractivity contribution in [1.29, 1.82) is 0 Å². The molecule has 0 saturated carbocycles. The third kappa shape index (κ3) is 13.5. The second-order valence-electron chi connectivity index (χ2n) is 9.94. The molecule has 0 aromatic heterocycles. The summed E-state index contributed by atoms with van der Waals surface area (Å²) >= 11 is 0. The molecule has 0 heterocycles. The van der Waals surface area contributed by atoms with E-state index in [1.165, 1.54) is 101 Å². The Kier molecular flexibility index (Phi) is 16.7. The van der Waals surface area contributed by atoms with Gasteiger partial charge in [-0.15, -0.1) is 13.2 Å². The Balaban J connectivity index is 1.31. The molecular weight excluding hydrogens is 424 g/mol. The van der Waals surface area contributed by atoms with Crippen molar-refractivity contribution in [1.82, 2.24) is 0 Å². The minimum absolute atomic E-state index is 0.508. The maximum atomic E-state index is 5.86. The normalized spacial score (nSPS) is 12.8. The highest BCUT2D eigenvalue weighted by molar-refractivity contribution is 5.23. The first-order valence-electron chi connectivity index (χ1n) is 14.3. The fourth-order valence-corrected chi connectivity index (χ4v) is 4.89. The summed E-state index contributed by atoms with van der Waals surface area (Å²) in [5.74, 6) is 1.02. The van der Waals surface area contributed by atoms with Crippen LogP contribution in [0.4, 0.5) is 0 Å². The van der Waals surface area contributed by atoms with E-state index in [1.54, 1.807) is 0 Å². The van der Waals surface area contributed by atoms with Crippen molar-refractivity contribution in [3.8, 4) is 0 Å². The summed E-state index contributed by atoms with van der Waals surface area (Å²) in [5, 5.41) is 0. The second-order valence-corrected chi connectivity index (χ2v) is 9.94. The maximum absolute atomic E-state index is 5.86. The van der Waals surface area contributed by atoms with E-state index in [0.717, 1.165) is 13.2 Å². The Morgan fingerprint density at radius 3 is 1.20 bits per heavy atom. The molecule has 1 heteroatoms. The van der Waals surface area contributed by atoms with E-state index in [-0.39, 0.29) is 0 Å². The van der Waals surface area contributed by atoms with Gasteiger partial charge in [0.05, 0.1) is 0 Å². The fraction of sp³-hybridized carbons (Fsp3) is 0.529. The van der Waals surface area contributed by atoms with Crippen LogP contribution in [0.2, 0.25) is 0 Å². The Morgan fingerprint density at radius 2 is 0.829 bits per heavy atom. The molecule has 2 aromatic rings. The van der Waals surface area contributed by atoms with Gasteiger partial charge in [0.2, 0.25) is 0 Å². The predicted molar refractivity (Wildman–Crippen MR) is 154 cm³/mol. The first-order valence-corrected chi connectivity index (χ1v) is 14.3. The standard InChI is InChI=1S/C34H50O/c1-3-31(33-25-17-13-18-26-33)23-15-9-5-7-11-21-29-35-30-22-12-8-6-10-16-24-32(4-2)34-27-19-14-20-28-34/h3-4,13-14,17-20,25-28,31-32H,1-2,5-12,15-16,21-24,29-30H2. The number of ether oxygens (including phenoxy) is 1. The fourth-order valence-electron chi connectivity index (χ4n) is 4.89. The van der Waals surface area contributed by atoms with Crippen LogP contribution in [0, 0.1) is 0 Å². The first-order chi connectivity index (χ1) is 17.3. The van der Waals surface area contributed by atoms with Crippen LogP contribution in [0.1, 0.15) is 113 Å². The summed E-state index contributed by atoms with van der Waals surface area (Å²) in [6.07, 6.45) is 22.3. The largest absolute Gasteiger partial charge is 0.381 e. The van der Waals surface area contributed by atoms with E-state index >= 15 is 0 Å². The molecule has 2 atom stereocenters. The molecule has 0 saturated heterocycles. The van der Waals surface area contributed by atoms with Gasteiger partial charge in [0.25, 0.3) is 0 Å². The Bertz CT molecular complexity index is 685. The number of hydrogen-bond acceptors (Lipinski definition) is 1. The van der Waals surface area contributed by atoms with Gasteiger partial charge in [0, 0.05) is 25.0 Å². The highest BCUT2D eigenvalue weighted by Crippen LogP contribution is 2.24. The lowest BCUT2D eigenvalue weighted by Gasteiger charge is -2.12. The van der Waals surface area contributed by atoms with Crippen molar-refractivity contribution in [2.75, 3.05) is 13.2 Å². The van der Waals surface area contributed by atoms with Gasteiger partial charge in [-0.1, -0.05) is 137 Å². The van der Waals surface area contributed by atoms with E-state index in [9.17, 15) is 0 Å². The minimum Gasteiger partial charge on any atom is -0.381 e. The third-order valence-electron chi connectivity index (χ3n) is 7.13. The predicted octanol–water partition coefficient (Wildman–Crippen LogP) is 10.4. The van der Waals surface area contributed by atoms with E-state index in [1.807, 2.05) is 0 Å². The molecule has 0 radical (unpaired) electrons. The Hall–Kier alpha value is -2.12. The van der Waals surface area contributed by atoms with Crippen LogP contribution in [0.3, 0.4) is 0 Å². The van der Waals surface area contributed by atoms with Crippen LogP contribution in [0.15, 0.2) is 86.0 Å². The molecule has 1 nitrogen and oxygen atoms in total. The molecule has 2 aromatic carbocycles. The summed E-state index contributed by atoms with van der Waals surface area (Å²) in [4.78, 5) is 0. The van der Waals surface area contributed by atoms with Gasteiger partial charge in [-0.3, -0.25) is 0 Å². The SMILES string of the molecule is C=CC(CCCCCCCCOCCCCCCCCC(C=C)c1ccccc1)c1ccccc1. The summed E-state index contributed by atoms with van der Waals surface area (Å²) in [6, 6.07) is 21.6. The van der Waals surface area contributed by atoms with E-state index in [0.29, 0.717) is 11.8 Å². The number of rotatable bonds is 22. The van der Waals surface area contributed by atoms with Gasteiger partial charge >= 0.3 is 0 Å². The van der Waals surface area contributed by atoms with Gasteiger partial charge in [0.1, 0.15) is 0 Å². The molecule has 192 valence electrons. The molecule has 0 N–H and O–H groups in total. The molecule has 2 unspecified atom stereocenters. The van der Waals surface area contributed by atoms with Crippen molar-refractivity contribution >= 4 is 0 Å². The number of benzene rings is 2. The number of hydrogen-bond donors (Lipinski definition) is 0. The lowest BCUT2D eigenvalue weighted by Crippen LogP contribution is -1.98. The highest BCUT2D eigenvalue weighted by Gasteiger charge is 2.07. The smallest absolute Gasteiger partial charge is 0.0466 e. The molecular formula is C34H50O. The minimum atomic E-state index is 0.508. The molecule has 0 aliphatic rings. The number of unbranched alkanes of at least 4 members (excludes halogenated alkanes) is 10. The van der Waals surface area contributed by atoms with Crippen LogP contribution in [0.25, 0.3) is 0 Å². The lowest BCUT2D eigenvalue weighted by atomic mass is 9.93. The van der Waals surface area contributed by atoms with Crippen LogP contribution in [0.5, 0.6) is 0 Å². The van der Waals surface area contributed by atoms with Gasteiger partial charge in [-0.25, -0.2) is 0 Å². The number of allylic oxidation sites excluding steroid dienone is 2. The zero-order valence-electron chi connectivity index (χ0n) is 22.2. The van der Waals surface area contributed by atoms with Crippen molar-refractivity contribution in [3.05, 3.63) is 97.1 Å². The molecule has 0 aliphatic carbocycles. The summed E-state index contributed by atoms with van der Waals surface area (Å²) in [7, 11) is 0. The molecule has 0 fully saturated rings. The topological polar surface area (TPSA) is 9.23 Å². The van der Waals surface area contributed by atoms with Gasteiger partial charge in [-0.2, -0.15) is 0 Å². The Morgan fingerprint density at radius 1 is 0.486 bits per heavy atom. The molecule has 0 amide bonds. The zero-order valence-corrected chi connectivity index (χ0v) is 22.2. The highest BCUT2D eigenvalue weighted by atomic mass is 16.5. The zero-order chi connectivity index (χ0) is 24.8. The molecule has 0 aliphatic heterocycles. The van der Waals surface area contributed by atoms with Crippen molar-refractivity contribution < 1.29 is 4.74 Å². The average molecular weight is 475 g/mol. The summed E-state index contributed by atoms with van der Waals surface area (Å²) in [6.45, 7) is 9.94. The van der Waals surface area contributed by atoms with Crippen LogP contribution < -0.4 is 0 Å². The third-order valence-corrected chi connectivity index (χ3v) is 7.13. The van der Waals surface area contributed by atoms with Crippen molar-refractivity contribution in [3.63, 3.8) is 0 Å². The maximum Gasteiger partial charge on any atom is 0.0466 e. The van der Waals surface area contributed by atoms with Crippen LogP contribution in [-0.2, 0) is 4.74 Å². The van der Waals surface area contributed by atoms with Crippen molar-refractivity contribution in [2.24, 2.45) is 0 Å². The van der Waals surface area contributed by atoms with E-state index < -0.39 is 0 Å². The van der Waals surface area contributed by atoms with E-state index in [2.05, 4.69) is 86.0 Å². The van der Waals surface area contributed by atoms with Gasteiger partial charge in [-0.05, 0) is 36.8 Å². The monoisotopic (exact) mass is 474 g/mol. The second kappa shape index (κ2) is 20.1.